The molecule has 1 aromatic carbocycles. The number of nitrogens with zero attached hydrogens (tertiary/aromatic N) is 1. The second kappa shape index (κ2) is 8.21. The first-order chi connectivity index (χ1) is 12.9. The van der Waals surface area contributed by atoms with Crippen LogP contribution in [-0.2, 0) is 30.8 Å². The Morgan fingerprint density at radius 3 is 2.57 bits per heavy atom. The fraction of sp³-hybridized carbons (Fsp3) is 0.438. The van der Waals surface area contributed by atoms with Crippen LogP contribution in [0.25, 0.3) is 0 Å². The third-order valence-electron chi connectivity index (χ3n) is 4.18. The normalized spacial score (nSPS) is 19.3. The molecular formula is C16H19F3N2O5S2. The van der Waals surface area contributed by atoms with Crippen molar-refractivity contribution >= 4 is 25.8 Å². The summed E-state index contributed by atoms with van der Waals surface area (Å²) in [4.78, 5) is 13.0. The molecule has 1 amide bonds. The Kier molecular flexibility index (Phi) is 6.56. The van der Waals surface area contributed by atoms with Crippen molar-refractivity contribution in [3.8, 4) is 0 Å². The molecule has 0 aliphatic carbocycles. The molecule has 1 atom stereocenters. The molecule has 0 spiro atoms. The summed E-state index contributed by atoms with van der Waals surface area (Å²) in [6.07, 6.45) is -3.11. The van der Waals surface area contributed by atoms with Gasteiger partial charge < -0.3 is 4.90 Å². The molecule has 1 N–H and O–H groups in total. The molecule has 0 bridgehead atoms. The highest BCUT2D eigenvalue weighted by molar-refractivity contribution is 7.91. The quantitative estimate of drug-likeness (QED) is 0.642. The van der Waals surface area contributed by atoms with Crippen LogP contribution in [0.1, 0.15) is 12.0 Å². The van der Waals surface area contributed by atoms with E-state index in [0.717, 1.165) is 18.2 Å². The molecule has 0 aromatic heterocycles. The predicted molar refractivity (Wildman–Crippen MR) is 95.6 cm³/mol. The molecule has 1 saturated heterocycles. The molecule has 1 unspecified atom stereocenters. The number of halogens is 3. The van der Waals surface area contributed by atoms with Crippen LogP contribution in [0.3, 0.4) is 0 Å². The number of nitrogens with one attached hydrogen (secondary N) is 1. The summed E-state index contributed by atoms with van der Waals surface area (Å²) in [5.41, 5.74) is -1.13. The molecule has 28 heavy (non-hydrogen) atoms. The number of sulfonamides is 1. The van der Waals surface area contributed by atoms with Gasteiger partial charge in [0.1, 0.15) is 0 Å². The molecule has 7 nitrogen and oxygen atoms in total. The molecule has 1 aliphatic heterocycles. The number of carbonyl (C=O) groups is 1. The van der Waals surface area contributed by atoms with Gasteiger partial charge in [-0.2, -0.15) is 13.2 Å². The molecule has 1 aliphatic rings. The Morgan fingerprint density at radius 1 is 1.36 bits per heavy atom. The van der Waals surface area contributed by atoms with E-state index in [2.05, 4.69) is 6.58 Å². The van der Waals surface area contributed by atoms with Gasteiger partial charge in [-0.25, -0.2) is 21.6 Å². The van der Waals surface area contributed by atoms with E-state index in [1.807, 2.05) is 4.72 Å². The predicted octanol–water partition coefficient (Wildman–Crippen LogP) is 1.19. The smallest absolute Gasteiger partial charge is 0.334 e. The van der Waals surface area contributed by atoms with Crippen LogP contribution in [0, 0.1) is 0 Å². The summed E-state index contributed by atoms with van der Waals surface area (Å²) in [6, 6.07) is 2.53. The highest BCUT2D eigenvalue weighted by atomic mass is 32.2. The van der Waals surface area contributed by atoms with Crippen LogP contribution in [0.5, 0.6) is 0 Å². The van der Waals surface area contributed by atoms with E-state index >= 15 is 0 Å². The average Bonchev–Trinajstić information content (AvgIpc) is 2.96. The largest absolute Gasteiger partial charge is 0.416 e. The van der Waals surface area contributed by atoms with Gasteiger partial charge in [0.2, 0.25) is 15.9 Å². The number of hydrogen-bond donors (Lipinski definition) is 1. The van der Waals surface area contributed by atoms with Crippen molar-refractivity contribution in [2.45, 2.75) is 23.5 Å². The highest BCUT2D eigenvalue weighted by Gasteiger charge is 2.35. The Morgan fingerprint density at radius 2 is 2.04 bits per heavy atom. The van der Waals surface area contributed by atoms with Gasteiger partial charge in [-0.05, 0) is 24.6 Å². The van der Waals surface area contributed by atoms with Crippen LogP contribution >= 0.6 is 0 Å². The molecule has 1 aromatic rings. The molecule has 0 saturated carbocycles. The zero-order valence-corrected chi connectivity index (χ0v) is 16.3. The lowest BCUT2D eigenvalue weighted by atomic mass is 10.2. The maximum absolute atomic E-state index is 12.8. The first kappa shape index (κ1) is 22.4. The second-order valence-electron chi connectivity index (χ2n) is 6.24. The third-order valence-corrected chi connectivity index (χ3v) is 7.33. The number of benzene rings is 1. The molecule has 1 heterocycles. The van der Waals surface area contributed by atoms with Crippen molar-refractivity contribution < 1.29 is 34.8 Å². The van der Waals surface area contributed by atoms with E-state index in [-0.39, 0.29) is 24.5 Å². The lowest BCUT2D eigenvalue weighted by Crippen LogP contribution is -2.46. The lowest BCUT2D eigenvalue weighted by Gasteiger charge is -2.27. The van der Waals surface area contributed by atoms with E-state index in [4.69, 9.17) is 0 Å². The zero-order valence-electron chi connectivity index (χ0n) is 14.6. The van der Waals surface area contributed by atoms with E-state index in [1.54, 1.807) is 0 Å². The molecule has 12 heteroatoms. The summed E-state index contributed by atoms with van der Waals surface area (Å²) in [7, 11) is -7.65. The monoisotopic (exact) mass is 440 g/mol. The van der Waals surface area contributed by atoms with Crippen molar-refractivity contribution in [1.29, 1.82) is 0 Å². The minimum atomic E-state index is -4.71. The fourth-order valence-electron chi connectivity index (χ4n) is 2.80. The van der Waals surface area contributed by atoms with Gasteiger partial charge in [-0.15, -0.1) is 6.58 Å². The number of amides is 1. The van der Waals surface area contributed by atoms with Gasteiger partial charge in [0.05, 0.1) is 28.5 Å². The number of sulfone groups is 1. The van der Waals surface area contributed by atoms with E-state index in [0.29, 0.717) is 6.07 Å². The number of hydrogen-bond acceptors (Lipinski definition) is 5. The SMILES string of the molecule is C=CCN(C(=O)CNS(=O)(=O)c1cccc(C(F)(F)F)c1)C1CCS(=O)(=O)C1. The summed E-state index contributed by atoms with van der Waals surface area (Å²) < 4.78 is 88.0. The number of alkyl halides is 3. The first-order valence-corrected chi connectivity index (χ1v) is 11.4. The molecule has 156 valence electrons. The number of rotatable bonds is 7. The van der Waals surface area contributed by atoms with Crippen molar-refractivity contribution in [2.24, 2.45) is 0 Å². The van der Waals surface area contributed by atoms with E-state index < -0.39 is 55.0 Å². The third kappa shape index (κ3) is 5.55. The van der Waals surface area contributed by atoms with Gasteiger partial charge >= 0.3 is 6.18 Å². The maximum atomic E-state index is 12.8. The summed E-state index contributed by atoms with van der Waals surface area (Å²) in [5, 5.41) is 0. The highest BCUT2D eigenvalue weighted by Crippen LogP contribution is 2.30. The van der Waals surface area contributed by atoms with Gasteiger partial charge in [0.25, 0.3) is 0 Å². The fourth-order valence-corrected chi connectivity index (χ4v) is 5.55. The zero-order chi connectivity index (χ0) is 21.2. The summed E-state index contributed by atoms with van der Waals surface area (Å²) in [5.74, 6) is -1.00. The van der Waals surface area contributed by atoms with Gasteiger partial charge in [-0.1, -0.05) is 12.1 Å². The standard InChI is InChI=1S/C16H19F3N2O5S2/c1-2-7-21(13-6-8-27(23,24)11-13)15(22)10-20-28(25,26)14-5-3-4-12(9-14)16(17,18)19/h2-5,9,13,20H,1,6-8,10-11H2. The number of carbonyl (C=O) groups excluding carboxylic acids is 1. The molecule has 0 radical (unpaired) electrons. The average molecular weight is 440 g/mol. The van der Waals surface area contributed by atoms with Gasteiger partial charge in [0.15, 0.2) is 9.84 Å². The molecule has 1 fully saturated rings. The van der Waals surface area contributed by atoms with Crippen molar-refractivity contribution in [1.82, 2.24) is 9.62 Å². The molecule has 2 rings (SSSR count). The van der Waals surface area contributed by atoms with Crippen LogP contribution in [0.2, 0.25) is 0 Å². The van der Waals surface area contributed by atoms with Gasteiger partial charge in [0, 0.05) is 12.6 Å². The van der Waals surface area contributed by atoms with Crippen LogP contribution in [0.4, 0.5) is 13.2 Å². The van der Waals surface area contributed by atoms with Crippen molar-refractivity contribution in [3.63, 3.8) is 0 Å². The van der Waals surface area contributed by atoms with Gasteiger partial charge in [-0.3, -0.25) is 4.79 Å². The Labute approximate surface area is 161 Å². The molecular weight excluding hydrogens is 421 g/mol. The van der Waals surface area contributed by atoms with Crippen LogP contribution < -0.4 is 4.72 Å². The summed E-state index contributed by atoms with van der Waals surface area (Å²) in [6.45, 7) is 2.79. The summed E-state index contributed by atoms with van der Waals surface area (Å²) >= 11 is 0. The lowest BCUT2D eigenvalue weighted by molar-refractivity contribution is -0.137. The van der Waals surface area contributed by atoms with Crippen molar-refractivity contribution in [3.05, 3.63) is 42.5 Å². The van der Waals surface area contributed by atoms with Crippen LogP contribution in [-0.4, -0.2) is 58.3 Å². The Hall–Kier alpha value is -1.92. The van der Waals surface area contributed by atoms with Crippen LogP contribution in [0.15, 0.2) is 41.8 Å². The second-order valence-corrected chi connectivity index (χ2v) is 10.2. The van der Waals surface area contributed by atoms with E-state index in [1.165, 1.54) is 11.0 Å². The topological polar surface area (TPSA) is 101 Å². The Balaban J connectivity index is 2.12. The van der Waals surface area contributed by atoms with Crippen molar-refractivity contribution in [2.75, 3.05) is 24.6 Å². The minimum absolute atomic E-state index is 0.0182. The maximum Gasteiger partial charge on any atom is 0.416 e. The first-order valence-electron chi connectivity index (χ1n) is 8.13. The Bertz CT molecular complexity index is 959. The minimum Gasteiger partial charge on any atom is -0.334 e. The van der Waals surface area contributed by atoms with E-state index in [9.17, 15) is 34.8 Å².